The number of hydrogen-bond donors (Lipinski definition) is 1. The number of para-hydroxylation sites is 1. The molecule has 0 heterocycles. The lowest BCUT2D eigenvalue weighted by molar-refractivity contribution is 0.164. The minimum Gasteiger partial charge on any atom is -0.457 e. The van der Waals surface area contributed by atoms with Gasteiger partial charge in [-0.15, -0.1) is 0 Å². The quantitative estimate of drug-likeness (QED) is 0.811. The molecule has 1 atom stereocenters. The number of unbranched alkanes of at least 4 members (excludes halogenated alkanes) is 1. The van der Waals surface area contributed by atoms with Crippen LogP contribution in [0.5, 0.6) is 11.5 Å². The van der Waals surface area contributed by atoms with Crippen LogP contribution in [0.1, 0.15) is 37.9 Å². The zero-order chi connectivity index (χ0) is 13.5. The Kier molecular flexibility index (Phi) is 4.99. The highest BCUT2D eigenvalue weighted by Crippen LogP contribution is 2.25. The molecule has 0 saturated heterocycles. The van der Waals surface area contributed by atoms with Crippen molar-refractivity contribution in [1.29, 1.82) is 0 Å². The van der Waals surface area contributed by atoms with E-state index in [1.54, 1.807) is 0 Å². The first-order valence-electron chi connectivity index (χ1n) is 6.80. The van der Waals surface area contributed by atoms with Crippen LogP contribution in [0.2, 0.25) is 0 Å². The van der Waals surface area contributed by atoms with E-state index >= 15 is 0 Å². The number of benzene rings is 2. The first-order chi connectivity index (χ1) is 9.29. The molecule has 0 aliphatic carbocycles. The van der Waals surface area contributed by atoms with Gasteiger partial charge >= 0.3 is 0 Å². The molecular formula is C17H20O2. The van der Waals surface area contributed by atoms with Crippen molar-refractivity contribution < 1.29 is 9.84 Å². The van der Waals surface area contributed by atoms with Gasteiger partial charge in [0.15, 0.2) is 0 Å². The third-order valence-corrected chi connectivity index (χ3v) is 3.07. The summed E-state index contributed by atoms with van der Waals surface area (Å²) < 4.78 is 5.71. The Morgan fingerprint density at radius 3 is 2.21 bits per heavy atom. The lowest BCUT2D eigenvalue weighted by Crippen LogP contribution is -1.96. The van der Waals surface area contributed by atoms with Gasteiger partial charge in [0.25, 0.3) is 0 Å². The molecule has 19 heavy (non-hydrogen) atoms. The lowest BCUT2D eigenvalue weighted by Gasteiger charge is -2.11. The van der Waals surface area contributed by atoms with Crippen molar-refractivity contribution in [2.75, 3.05) is 0 Å². The summed E-state index contributed by atoms with van der Waals surface area (Å²) in [5.74, 6) is 1.61. The van der Waals surface area contributed by atoms with Gasteiger partial charge in [0, 0.05) is 0 Å². The van der Waals surface area contributed by atoms with Crippen molar-refractivity contribution in [1.82, 2.24) is 0 Å². The topological polar surface area (TPSA) is 29.5 Å². The second kappa shape index (κ2) is 6.95. The van der Waals surface area contributed by atoms with Gasteiger partial charge in [0.05, 0.1) is 6.10 Å². The van der Waals surface area contributed by atoms with Crippen molar-refractivity contribution in [3.05, 3.63) is 60.2 Å². The average molecular weight is 256 g/mol. The third-order valence-electron chi connectivity index (χ3n) is 3.07. The Hall–Kier alpha value is -1.80. The van der Waals surface area contributed by atoms with E-state index < -0.39 is 0 Å². The van der Waals surface area contributed by atoms with Crippen LogP contribution in [0.15, 0.2) is 54.6 Å². The maximum absolute atomic E-state index is 9.99. The molecule has 2 heteroatoms. The molecule has 0 amide bonds. The Balaban J connectivity index is 1.98. The highest BCUT2D eigenvalue weighted by Gasteiger charge is 2.06. The molecular weight excluding hydrogens is 236 g/mol. The van der Waals surface area contributed by atoms with E-state index in [9.17, 15) is 5.11 Å². The molecule has 0 radical (unpaired) electrons. The molecule has 0 unspecified atom stereocenters. The van der Waals surface area contributed by atoms with E-state index in [0.717, 1.165) is 36.3 Å². The molecule has 0 spiro atoms. The van der Waals surface area contributed by atoms with E-state index in [1.807, 2.05) is 54.6 Å². The van der Waals surface area contributed by atoms with E-state index in [2.05, 4.69) is 6.92 Å². The van der Waals surface area contributed by atoms with Gasteiger partial charge in [-0.1, -0.05) is 50.1 Å². The summed E-state index contributed by atoms with van der Waals surface area (Å²) in [6.07, 6.45) is 2.59. The smallest absolute Gasteiger partial charge is 0.127 e. The van der Waals surface area contributed by atoms with Crippen molar-refractivity contribution in [3.63, 3.8) is 0 Å². The maximum atomic E-state index is 9.99. The first-order valence-corrected chi connectivity index (χ1v) is 6.80. The third kappa shape index (κ3) is 4.11. The van der Waals surface area contributed by atoms with Crippen molar-refractivity contribution >= 4 is 0 Å². The number of hydrogen-bond acceptors (Lipinski definition) is 2. The van der Waals surface area contributed by atoms with E-state index in [1.165, 1.54) is 0 Å². The van der Waals surface area contributed by atoms with Crippen LogP contribution < -0.4 is 4.74 Å². The highest BCUT2D eigenvalue weighted by atomic mass is 16.5. The van der Waals surface area contributed by atoms with Crippen LogP contribution >= 0.6 is 0 Å². The van der Waals surface area contributed by atoms with Gasteiger partial charge in [0.2, 0.25) is 0 Å². The zero-order valence-electron chi connectivity index (χ0n) is 11.3. The molecule has 2 rings (SSSR count). The highest BCUT2D eigenvalue weighted by molar-refractivity contribution is 5.33. The van der Waals surface area contributed by atoms with Gasteiger partial charge in [-0.25, -0.2) is 0 Å². The summed E-state index contributed by atoms with van der Waals surface area (Å²) in [4.78, 5) is 0. The maximum Gasteiger partial charge on any atom is 0.127 e. The molecule has 0 aliphatic rings. The van der Waals surface area contributed by atoms with Crippen molar-refractivity contribution in [2.45, 2.75) is 32.3 Å². The molecule has 1 N–H and O–H groups in total. The largest absolute Gasteiger partial charge is 0.457 e. The molecule has 0 saturated carbocycles. The van der Waals surface area contributed by atoms with Gasteiger partial charge in [0.1, 0.15) is 11.5 Å². The molecule has 0 aliphatic heterocycles. The second-order valence-electron chi connectivity index (χ2n) is 4.64. The summed E-state index contributed by atoms with van der Waals surface area (Å²) in [5.41, 5.74) is 0.953. The van der Waals surface area contributed by atoms with Crippen molar-refractivity contribution in [2.24, 2.45) is 0 Å². The van der Waals surface area contributed by atoms with Crippen molar-refractivity contribution in [3.8, 4) is 11.5 Å². The van der Waals surface area contributed by atoms with Gasteiger partial charge in [-0.3, -0.25) is 0 Å². The molecule has 2 aromatic rings. The van der Waals surface area contributed by atoms with Crippen LogP contribution in [0.25, 0.3) is 0 Å². The Morgan fingerprint density at radius 1 is 0.947 bits per heavy atom. The summed E-state index contributed by atoms with van der Waals surface area (Å²) >= 11 is 0. The molecule has 2 nitrogen and oxygen atoms in total. The monoisotopic (exact) mass is 256 g/mol. The van der Waals surface area contributed by atoms with Crippen LogP contribution in [0.3, 0.4) is 0 Å². The average Bonchev–Trinajstić information content (AvgIpc) is 2.46. The fraction of sp³-hybridized carbons (Fsp3) is 0.294. The fourth-order valence-electron chi connectivity index (χ4n) is 1.95. The van der Waals surface area contributed by atoms with Crippen LogP contribution in [0.4, 0.5) is 0 Å². The van der Waals surface area contributed by atoms with Gasteiger partial charge < -0.3 is 9.84 Å². The molecule has 0 aromatic heterocycles. The predicted octanol–water partition coefficient (Wildman–Crippen LogP) is 4.70. The second-order valence-corrected chi connectivity index (χ2v) is 4.64. The van der Waals surface area contributed by atoms with E-state index in [-0.39, 0.29) is 6.10 Å². The Morgan fingerprint density at radius 2 is 1.58 bits per heavy atom. The molecule has 100 valence electrons. The van der Waals surface area contributed by atoms with Gasteiger partial charge in [-0.05, 0) is 36.2 Å². The zero-order valence-corrected chi connectivity index (χ0v) is 11.3. The molecule has 2 aromatic carbocycles. The summed E-state index contributed by atoms with van der Waals surface area (Å²) in [6.45, 7) is 2.13. The Labute approximate surface area is 114 Å². The van der Waals surface area contributed by atoms with E-state index in [4.69, 9.17) is 4.74 Å². The van der Waals surface area contributed by atoms with Crippen LogP contribution in [0, 0.1) is 0 Å². The standard InChI is InChI=1S/C17H20O2/c1-2-3-9-17(18)14-10-12-16(13-11-14)19-15-7-5-4-6-8-15/h4-8,10-13,17-18H,2-3,9H2,1H3/t17-/m1/s1. The summed E-state index contributed by atoms with van der Waals surface area (Å²) in [6, 6.07) is 17.3. The van der Waals surface area contributed by atoms with Gasteiger partial charge in [-0.2, -0.15) is 0 Å². The predicted molar refractivity (Wildman–Crippen MR) is 77.4 cm³/mol. The minimum absolute atomic E-state index is 0.370. The number of aliphatic hydroxyl groups excluding tert-OH is 1. The molecule has 0 fully saturated rings. The normalized spacial score (nSPS) is 12.1. The first kappa shape index (κ1) is 13.6. The lowest BCUT2D eigenvalue weighted by atomic mass is 10.0. The minimum atomic E-state index is -0.370. The van der Waals surface area contributed by atoms with Crippen LogP contribution in [-0.2, 0) is 0 Å². The number of rotatable bonds is 6. The summed E-state index contributed by atoms with van der Waals surface area (Å²) in [5, 5.41) is 9.99. The van der Waals surface area contributed by atoms with E-state index in [0.29, 0.717) is 0 Å². The van der Waals surface area contributed by atoms with Crippen LogP contribution in [-0.4, -0.2) is 5.11 Å². The SMILES string of the molecule is CCCC[C@@H](O)c1ccc(Oc2ccccc2)cc1. The molecule has 0 bridgehead atoms. The fourth-order valence-corrected chi connectivity index (χ4v) is 1.95. The summed E-state index contributed by atoms with van der Waals surface area (Å²) in [7, 11) is 0. The number of aliphatic hydroxyl groups is 1. The Bertz CT molecular complexity index is 476. The number of ether oxygens (including phenoxy) is 1.